The minimum atomic E-state index is -0.412. The Bertz CT molecular complexity index is 862. The van der Waals surface area contributed by atoms with E-state index in [1.54, 1.807) is 34.5 Å². The Balaban J connectivity index is 1.25. The summed E-state index contributed by atoms with van der Waals surface area (Å²) in [5, 5.41) is 7.44. The number of carbonyl (C=O) groups is 2. The molecule has 168 valence electrons. The standard InChI is InChI=1S/C22H30N4O3S2/c1-2-29-22(28)19-5-3-4-7-26(19)20(27)14-25-10-8-24(9-11-25)13-18-16-31-21(23-18)17-6-12-30-15-17/h6,12,15-16,19H,2-5,7-11,13-14H2,1H3. The number of hydrogen-bond donors (Lipinski definition) is 0. The molecule has 0 radical (unpaired) electrons. The highest BCUT2D eigenvalue weighted by atomic mass is 32.1. The lowest BCUT2D eigenvalue weighted by Crippen LogP contribution is -2.54. The third-order valence-corrected chi connectivity index (χ3v) is 7.53. The van der Waals surface area contributed by atoms with Crippen molar-refractivity contribution in [2.24, 2.45) is 0 Å². The van der Waals surface area contributed by atoms with E-state index in [2.05, 4.69) is 32.0 Å². The molecule has 0 aromatic carbocycles. The van der Waals surface area contributed by atoms with Gasteiger partial charge in [-0.1, -0.05) is 0 Å². The van der Waals surface area contributed by atoms with Crippen molar-refractivity contribution in [1.29, 1.82) is 0 Å². The van der Waals surface area contributed by atoms with E-state index < -0.39 is 6.04 Å². The highest BCUT2D eigenvalue weighted by Crippen LogP contribution is 2.26. The Kier molecular flexibility index (Phi) is 7.71. The summed E-state index contributed by atoms with van der Waals surface area (Å²) >= 11 is 3.39. The highest BCUT2D eigenvalue weighted by molar-refractivity contribution is 7.14. The number of hydrogen-bond acceptors (Lipinski definition) is 8. The van der Waals surface area contributed by atoms with Crippen LogP contribution in [-0.4, -0.2) is 83.5 Å². The van der Waals surface area contributed by atoms with Crippen LogP contribution in [0.2, 0.25) is 0 Å². The predicted octanol–water partition coefficient (Wildman–Crippen LogP) is 2.93. The molecule has 2 fully saturated rings. The van der Waals surface area contributed by atoms with Crippen LogP contribution >= 0.6 is 22.7 Å². The monoisotopic (exact) mass is 462 g/mol. The summed E-state index contributed by atoms with van der Waals surface area (Å²) in [6.45, 7) is 7.57. The van der Waals surface area contributed by atoms with Gasteiger partial charge in [-0.15, -0.1) is 11.3 Å². The number of piperidine rings is 1. The number of amides is 1. The van der Waals surface area contributed by atoms with Gasteiger partial charge >= 0.3 is 5.97 Å². The van der Waals surface area contributed by atoms with Crippen molar-refractivity contribution in [2.75, 3.05) is 45.9 Å². The number of ether oxygens (including phenoxy) is 1. The molecule has 2 aliphatic heterocycles. The molecule has 0 N–H and O–H groups in total. The molecule has 4 heterocycles. The van der Waals surface area contributed by atoms with E-state index in [4.69, 9.17) is 9.72 Å². The average Bonchev–Trinajstić information content (AvgIpc) is 3.47. The molecule has 31 heavy (non-hydrogen) atoms. The molecule has 0 spiro atoms. The smallest absolute Gasteiger partial charge is 0.328 e. The first-order valence-corrected chi connectivity index (χ1v) is 12.8. The number of nitrogens with zero attached hydrogens (tertiary/aromatic N) is 4. The number of aromatic nitrogens is 1. The Morgan fingerprint density at radius 1 is 1.13 bits per heavy atom. The molecule has 2 aromatic rings. The molecule has 2 aromatic heterocycles. The van der Waals surface area contributed by atoms with Crippen LogP contribution in [0.15, 0.2) is 22.2 Å². The van der Waals surface area contributed by atoms with Gasteiger partial charge in [0.15, 0.2) is 0 Å². The van der Waals surface area contributed by atoms with Gasteiger partial charge in [-0.3, -0.25) is 14.6 Å². The molecule has 0 bridgehead atoms. The van der Waals surface area contributed by atoms with Crippen molar-refractivity contribution < 1.29 is 14.3 Å². The van der Waals surface area contributed by atoms with Crippen LogP contribution in [0.4, 0.5) is 0 Å². The van der Waals surface area contributed by atoms with Crippen molar-refractivity contribution in [3.8, 4) is 10.6 Å². The van der Waals surface area contributed by atoms with E-state index in [9.17, 15) is 9.59 Å². The molecule has 2 saturated heterocycles. The molecule has 0 saturated carbocycles. The molecular weight excluding hydrogens is 432 g/mol. The molecular formula is C22H30N4O3S2. The van der Waals surface area contributed by atoms with Crippen LogP contribution in [0.1, 0.15) is 31.9 Å². The van der Waals surface area contributed by atoms with Crippen LogP contribution in [-0.2, 0) is 20.9 Å². The summed E-state index contributed by atoms with van der Waals surface area (Å²) in [5.74, 6) is -0.212. The van der Waals surface area contributed by atoms with E-state index in [0.29, 0.717) is 26.1 Å². The lowest BCUT2D eigenvalue weighted by molar-refractivity contribution is -0.157. The molecule has 1 amide bonds. The number of thiophene rings is 1. The van der Waals surface area contributed by atoms with E-state index in [0.717, 1.165) is 56.3 Å². The second-order valence-corrected chi connectivity index (χ2v) is 9.70. The van der Waals surface area contributed by atoms with Gasteiger partial charge in [-0.05, 0) is 37.6 Å². The minimum absolute atomic E-state index is 0.0473. The number of likely N-dealkylation sites (tertiary alicyclic amines) is 1. The SMILES string of the molecule is CCOC(=O)C1CCCCN1C(=O)CN1CCN(Cc2csc(-c3ccsc3)n2)CC1. The maximum atomic E-state index is 12.9. The van der Waals surface area contributed by atoms with Crippen molar-refractivity contribution >= 4 is 34.6 Å². The summed E-state index contributed by atoms with van der Waals surface area (Å²) in [6.07, 6.45) is 2.63. The van der Waals surface area contributed by atoms with Gasteiger partial charge in [0.1, 0.15) is 11.0 Å². The molecule has 1 atom stereocenters. The fourth-order valence-corrected chi connectivity index (χ4v) is 5.75. The highest BCUT2D eigenvalue weighted by Gasteiger charge is 2.34. The summed E-state index contributed by atoms with van der Waals surface area (Å²) < 4.78 is 5.19. The number of rotatable bonds is 7. The van der Waals surface area contributed by atoms with Gasteiger partial charge in [0.25, 0.3) is 0 Å². The van der Waals surface area contributed by atoms with Gasteiger partial charge in [0, 0.05) is 55.6 Å². The van der Waals surface area contributed by atoms with Crippen LogP contribution < -0.4 is 0 Å². The zero-order chi connectivity index (χ0) is 21.6. The largest absolute Gasteiger partial charge is 0.464 e. The molecule has 2 aliphatic rings. The first-order chi connectivity index (χ1) is 15.1. The summed E-state index contributed by atoms with van der Waals surface area (Å²) in [4.78, 5) is 36.3. The fourth-order valence-electron chi connectivity index (χ4n) is 4.23. The normalized spacial score (nSPS) is 20.7. The zero-order valence-corrected chi connectivity index (χ0v) is 19.6. The van der Waals surface area contributed by atoms with E-state index in [1.807, 2.05) is 0 Å². The quantitative estimate of drug-likeness (QED) is 0.590. The molecule has 7 nitrogen and oxygen atoms in total. The number of esters is 1. The molecule has 4 rings (SSSR count). The van der Waals surface area contributed by atoms with E-state index in [-0.39, 0.29) is 11.9 Å². The predicted molar refractivity (Wildman–Crippen MR) is 123 cm³/mol. The topological polar surface area (TPSA) is 66.0 Å². The zero-order valence-electron chi connectivity index (χ0n) is 18.0. The van der Waals surface area contributed by atoms with Crippen molar-refractivity contribution in [3.63, 3.8) is 0 Å². The Morgan fingerprint density at radius 2 is 1.94 bits per heavy atom. The first kappa shape index (κ1) is 22.4. The van der Waals surface area contributed by atoms with Crippen LogP contribution in [0.3, 0.4) is 0 Å². The van der Waals surface area contributed by atoms with E-state index >= 15 is 0 Å². The third kappa shape index (κ3) is 5.71. The van der Waals surface area contributed by atoms with Crippen molar-refractivity contribution in [2.45, 2.75) is 38.8 Å². The van der Waals surface area contributed by atoms with Crippen LogP contribution in [0.25, 0.3) is 10.6 Å². The minimum Gasteiger partial charge on any atom is -0.464 e. The Morgan fingerprint density at radius 3 is 2.68 bits per heavy atom. The second-order valence-electron chi connectivity index (χ2n) is 8.06. The molecule has 0 aliphatic carbocycles. The van der Waals surface area contributed by atoms with E-state index in [1.165, 1.54) is 5.56 Å². The number of piperazine rings is 1. The van der Waals surface area contributed by atoms with Gasteiger partial charge in [0.2, 0.25) is 5.91 Å². The summed E-state index contributed by atoms with van der Waals surface area (Å²) in [7, 11) is 0. The lowest BCUT2D eigenvalue weighted by atomic mass is 10.0. The maximum absolute atomic E-state index is 12.9. The van der Waals surface area contributed by atoms with Crippen LogP contribution in [0.5, 0.6) is 0 Å². The second kappa shape index (κ2) is 10.7. The van der Waals surface area contributed by atoms with Crippen molar-refractivity contribution in [1.82, 2.24) is 19.7 Å². The average molecular weight is 463 g/mol. The van der Waals surface area contributed by atoms with Crippen molar-refractivity contribution in [3.05, 3.63) is 27.9 Å². The third-order valence-electron chi connectivity index (χ3n) is 5.91. The Hall–Kier alpha value is -1.81. The number of carbonyl (C=O) groups excluding carboxylic acids is 2. The number of thiazole rings is 1. The summed E-state index contributed by atoms with van der Waals surface area (Å²) in [5.41, 5.74) is 2.31. The first-order valence-electron chi connectivity index (χ1n) is 11.0. The molecule has 9 heteroatoms. The lowest BCUT2D eigenvalue weighted by Gasteiger charge is -2.38. The maximum Gasteiger partial charge on any atom is 0.328 e. The fraction of sp³-hybridized carbons (Fsp3) is 0.591. The van der Waals surface area contributed by atoms with Gasteiger partial charge in [0.05, 0.1) is 18.8 Å². The van der Waals surface area contributed by atoms with Gasteiger partial charge in [-0.2, -0.15) is 11.3 Å². The summed E-state index contributed by atoms with van der Waals surface area (Å²) in [6, 6.07) is 1.70. The molecule has 1 unspecified atom stereocenters. The van der Waals surface area contributed by atoms with Gasteiger partial charge < -0.3 is 9.64 Å². The van der Waals surface area contributed by atoms with Gasteiger partial charge in [-0.25, -0.2) is 9.78 Å². The van der Waals surface area contributed by atoms with Crippen LogP contribution in [0, 0.1) is 0 Å². The Labute approximate surface area is 191 Å².